The molecule has 3 rings (SSSR count). The molecule has 1 aliphatic heterocycles. The van der Waals surface area contributed by atoms with Crippen LogP contribution in [0.5, 0.6) is 11.5 Å². The third-order valence-corrected chi connectivity index (χ3v) is 5.95. The monoisotopic (exact) mass is 414 g/mol. The summed E-state index contributed by atoms with van der Waals surface area (Å²) in [4.78, 5) is 4.92. The molecule has 1 fully saturated rings. The van der Waals surface area contributed by atoms with Crippen LogP contribution >= 0.6 is 0 Å². The maximum Gasteiger partial charge on any atom is 0.162 e. The van der Waals surface area contributed by atoms with E-state index < -0.39 is 0 Å². The molecule has 1 heterocycles. The number of hydrogen-bond acceptors (Lipinski definition) is 4. The van der Waals surface area contributed by atoms with Crippen LogP contribution in [0, 0.1) is 11.7 Å². The summed E-state index contributed by atoms with van der Waals surface area (Å²) in [5.74, 6) is 1.29. The summed E-state index contributed by atoms with van der Waals surface area (Å²) in [6.07, 6.45) is 3.33. The molecule has 2 aromatic rings. The van der Waals surface area contributed by atoms with Crippen molar-refractivity contribution in [1.82, 2.24) is 9.80 Å². The van der Waals surface area contributed by atoms with Gasteiger partial charge in [-0.05, 0) is 69.0 Å². The number of ether oxygens (including phenoxy) is 1. The van der Waals surface area contributed by atoms with Gasteiger partial charge in [0.1, 0.15) is 5.82 Å². The van der Waals surface area contributed by atoms with Gasteiger partial charge in [-0.3, -0.25) is 4.90 Å². The topological polar surface area (TPSA) is 35.9 Å². The van der Waals surface area contributed by atoms with Gasteiger partial charge in [0.2, 0.25) is 0 Å². The number of hydrogen-bond donors (Lipinski definition) is 1. The zero-order valence-electron chi connectivity index (χ0n) is 18.3. The van der Waals surface area contributed by atoms with Gasteiger partial charge >= 0.3 is 0 Å². The average molecular weight is 415 g/mol. The second kappa shape index (κ2) is 11.3. The van der Waals surface area contributed by atoms with Crippen molar-refractivity contribution in [2.45, 2.75) is 39.7 Å². The molecule has 1 aliphatic rings. The Morgan fingerprint density at radius 3 is 2.80 bits per heavy atom. The number of phenols is 1. The number of para-hydroxylation sites is 1. The van der Waals surface area contributed by atoms with E-state index in [1.165, 1.54) is 18.9 Å². The molecule has 1 unspecified atom stereocenters. The Morgan fingerprint density at radius 1 is 1.20 bits per heavy atom. The number of benzene rings is 2. The Balaban J connectivity index is 1.53. The maximum atomic E-state index is 13.4. The quantitative estimate of drug-likeness (QED) is 0.611. The number of halogens is 1. The van der Waals surface area contributed by atoms with Gasteiger partial charge in [0.05, 0.1) is 6.61 Å². The predicted molar refractivity (Wildman–Crippen MR) is 119 cm³/mol. The minimum atomic E-state index is -0.153. The van der Waals surface area contributed by atoms with E-state index in [-0.39, 0.29) is 11.6 Å². The largest absolute Gasteiger partial charge is 0.504 e. The third kappa shape index (κ3) is 6.44. The minimum Gasteiger partial charge on any atom is -0.504 e. The molecule has 0 aliphatic carbocycles. The summed E-state index contributed by atoms with van der Waals surface area (Å²) in [7, 11) is 0. The van der Waals surface area contributed by atoms with Crippen LogP contribution in [0.25, 0.3) is 0 Å². The van der Waals surface area contributed by atoms with Crippen LogP contribution in [0.4, 0.5) is 4.39 Å². The van der Waals surface area contributed by atoms with Crippen molar-refractivity contribution < 1.29 is 14.2 Å². The Hall–Kier alpha value is -2.11. The normalized spacial score (nSPS) is 17.4. The van der Waals surface area contributed by atoms with E-state index in [9.17, 15) is 9.50 Å². The molecular formula is C25H35FN2O2. The van der Waals surface area contributed by atoms with E-state index >= 15 is 0 Å². The summed E-state index contributed by atoms with van der Waals surface area (Å²) in [5, 5.41) is 10.5. The first-order valence-electron chi connectivity index (χ1n) is 11.2. The highest BCUT2D eigenvalue weighted by Gasteiger charge is 2.22. The van der Waals surface area contributed by atoms with Crippen molar-refractivity contribution in [1.29, 1.82) is 0 Å². The number of rotatable bonds is 10. The molecule has 1 saturated heterocycles. The van der Waals surface area contributed by atoms with Crippen molar-refractivity contribution in [3.05, 3.63) is 59.4 Å². The van der Waals surface area contributed by atoms with Gasteiger partial charge in [-0.2, -0.15) is 0 Å². The predicted octanol–water partition coefficient (Wildman–Crippen LogP) is 4.71. The van der Waals surface area contributed by atoms with Gasteiger partial charge in [0.25, 0.3) is 0 Å². The zero-order chi connectivity index (χ0) is 21.3. The molecule has 4 nitrogen and oxygen atoms in total. The first-order valence-corrected chi connectivity index (χ1v) is 11.2. The molecule has 0 radical (unpaired) electrons. The lowest BCUT2D eigenvalue weighted by molar-refractivity contribution is 0.132. The zero-order valence-corrected chi connectivity index (χ0v) is 18.3. The second-order valence-corrected chi connectivity index (χ2v) is 8.21. The molecule has 0 spiro atoms. The SMILES string of the molecule is CCOc1cccc(CN(CC)CC2CCCN(CCc3cccc(F)c3)C2)c1O. The molecule has 0 saturated carbocycles. The summed E-state index contributed by atoms with van der Waals surface area (Å²) >= 11 is 0. The Morgan fingerprint density at radius 2 is 2.03 bits per heavy atom. The van der Waals surface area contributed by atoms with Gasteiger partial charge < -0.3 is 14.7 Å². The van der Waals surface area contributed by atoms with E-state index in [2.05, 4.69) is 16.7 Å². The van der Waals surface area contributed by atoms with Gasteiger partial charge in [-0.1, -0.05) is 31.2 Å². The highest BCUT2D eigenvalue weighted by Crippen LogP contribution is 2.31. The second-order valence-electron chi connectivity index (χ2n) is 8.21. The lowest BCUT2D eigenvalue weighted by Gasteiger charge is -2.35. The first kappa shape index (κ1) is 22.6. The van der Waals surface area contributed by atoms with E-state index in [4.69, 9.17) is 4.74 Å². The fourth-order valence-corrected chi connectivity index (χ4v) is 4.36. The Labute approximate surface area is 180 Å². The Kier molecular flexibility index (Phi) is 8.52. The fourth-order valence-electron chi connectivity index (χ4n) is 4.36. The molecule has 0 aromatic heterocycles. The van der Waals surface area contributed by atoms with Crippen molar-refractivity contribution in [3.63, 3.8) is 0 Å². The maximum absolute atomic E-state index is 13.4. The summed E-state index contributed by atoms with van der Waals surface area (Å²) in [5.41, 5.74) is 1.98. The van der Waals surface area contributed by atoms with Crippen molar-refractivity contribution in [2.24, 2.45) is 5.92 Å². The first-order chi connectivity index (χ1) is 14.6. The average Bonchev–Trinajstić information content (AvgIpc) is 2.75. The molecule has 30 heavy (non-hydrogen) atoms. The highest BCUT2D eigenvalue weighted by atomic mass is 19.1. The lowest BCUT2D eigenvalue weighted by Crippen LogP contribution is -2.41. The van der Waals surface area contributed by atoms with Gasteiger partial charge in [0, 0.05) is 31.7 Å². The molecule has 2 aromatic carbocycles. The smallest absolute Gasteiger partial charge is 0.162 e. The van der Waals surface area contributed by atoms with Crippen LogP contribution in [-0.4, -0.2) is 54.2 Å². The molecule has 5 heteroatoms. The number of phenolic OH excluding ortho intramolecular Hbond substituents is 1. The molecule has 0 bridgehead atoms. The van der Waals surface area contributed by atoms with Crippen LogP contribution in [-0.2, 0) is 13.0 Å². The minimum absolute atomic E-state index is 0.153. The van der Waals surface area contributed by atoms with Crippen molar-refractivity contribution in [3.8, 4) is 11.5 Å². The lowest BCUT2D eigenvalue weighted by atomic mass is 9.96. The number of piperidine rings is 1. The summed E-state index contributed by atoms with van der Waals surface area (Å²) in [6, 6.07) is 12.7. The highest BCUT2D eigenvalue weighted by molar-refractivity contribution is 5.45. The molecule has 164 valence electrons. The summed E-state index contributed by atoms with van der Waals surface area (Å²) in [6.45, 7) is 10.5. The van der Waals surface area contributed by atoms with E-state index in [1.807, 2.05) is 31.2 Å². The number of aromatic hydroxyl groups is 1. The van der Waals surface area contributed by atoms with Crippen molar-refractivity contribution in [2.75, 3.05) is 39.3 Å². The van der Waals surface area contributed by atoms with Crippen LogP contribution < -0.4 is 4.74 Å². The van der Waals surface area contributed by atoms with Crippen LogP contribution in [0.2, 0.25) is 0 Å². The molecule has 1 N–H and O–H groups in total. The molecule has 0 amide bonds. The third-order valence-electron chi connectivity index (χ3n) is 5.95. The van der Waals surface area contributed by atoms with Gasteiger partial charge in [0.15, 0.2) is 11.5 Å². The van der Waals surface area contributed by atoms with Gasteiger partial charge in [-0.15, -0.1) is 0 Å². The fraction of sp³-hybridized carbons (Fsp3) is 0.520. The number of likely N-dealkylation sites (tertiary alicyclic amines) is 1. The molecular weight excluding hydrogens is 379 g/mol. The standard InChI is InChI=1S/C25H35FN2O2/c1-3-27(19-22-10-6-12-24(25(22)29)30-4-2)17-21-9-7-14-28(18-21)15-13-20-8-5-11-23(26)16-20/h5-6,8,10-12,16,21,29H,3-4,7,9,13-15,17-19H2,1-2H3. The van der Waals surface area contributed by atoms with E-state index in [0.717, 1.165) is 56.8 Å². The van der Waals surface area contributed by atoms with Crippen LogP contribution in [0.15, 0.2) is 42.5 Å². The van der Waals surface area contributed by atoms with E-state index in [0.29, 0.717) is 18.3 Å². The van der Waals surface area contributed by atoms with Crippen molar-refractivity contribution >= 4 is 0 Å². The van der Waals surface area contributed by atoms with Gasteiger partial charge in [-0.25, -0.2) is 4.39 Å². The van der Waals surface area contributed by atoms with E-state index in [1.54, 1.807) is 12.1 Å². The molecule has 1 atom stereocenters. The number of nitrogens with zero attached hydrogens (tertiary/aromatic N) is 2. The van der Waals surface area contributed by atoms with Crippen LogP contribution in [0.3, 0.4) is 0 Å². The Bertz CT molecular complexity index is 798. The van der Waals surface area contributed by atoms with Crippen LogP contribution in [0.1, 0.15) is 37.8 Å². The summed E-state index contributed by atoms with van der Waals surface area (Å²) < 4.78 is 18.9.